The number of carbonyl (C=O) groups excluding carboxylic acids is 1. The lowest BCUT2D eigenvalue weighted by Gasteiger charge is -2.19. The first-order valence-electron chi connectivity index (χ1n) is 6.12. The first kappa shape index (κ1) is 15.8. The molecule has 0 bridgehead atoms. The van der Waals surface area contributed by atoms with Crippen LogP contribution in [0.3, 0.4) is 0 Å². The molecule has 0 aromatic heterocycles. The van der Waals surface area contributed by atoms with Gasteiger partial charge in [0.2, 0.25) is 0 Å². The Morgan fingerprint density at radius 3 is 2.67 bits per heavy atom. The van der Waals surface area contributed by atoms with E-state index in [9.17, 15) is 9.18 Å². The molecule has 0 aliphatic rings. The zero-order chi connectivity index (χ0) is 15.6. The van der Waals surface area contributed by atoms with E-state index in [-0.39, 0.29) is 5.56 Å². The van der Waals surface area contributed by atoms with Gasteiger partial charge in [-0.15, -0.1) is 0 Å². The summed E-state index contributed by atoms with van der Waals surface area (Å²) in [5, 5.41) is 3.28. The second-order valence-corrected chi connectivity index (χ2v) is 5.87. The molecular weight excluding hydrogens is 359 g/mol. The van der Waals surface area contributed by atoms with E-state index in [1.165, 1.54) is 18.2 Å². The molecule has 0 saturated carbocycles. The Morgan fingerprint density at radius 2 is 2.00 bits per heavy atom. The Labute approximate surface area is 135 Å². The Kier molecular flexibility index (Phi) is 4.85. The minimum absolute atomic E-state index is 0.222. The van der Waals surface area contributed by atoms with Gasteiger partial charge in [-0.05, 0) is 46.3 Å². The van der Waals surface area contributed by atoms with E-state index in [1.807, 2.05) is 14.1 Å². The topological polar surface area (TPSA) is 32.3 Å². The number of hydrogen-bond donors (Lipinski definition) is 1. The predicted octanol–water partition coefficient (Wildman–Crippen LogP) is 4.56. The zero-order valence-electron chi connectivity index (χ0n) is 11.5. The van der Waals surface area contributed by atoms with Gasteiger partial charge < -0.3 is 10.2 Å². The number of hydrogen-bond acceptors (Lipinski definition) is 2. The normalized spacial score (nSPS) is 10.3. The highest BCUT2D eigenvalue weighted by Gasteiger charge is 2.15. The molecule has 0 unspecified atom stereocenters. The summed E-state index contributed by atoms with van der Waals surface area (Å²) < 4.78 is 13.8. The van der Waals surface area contributed by atoms with Gasteiger partial charge >= 0.3 is 0 Å². The summed E-state index contributed by atoms with van der Waals surface area (Å²) in [7, 11) is 3.66. The molecule has 21 heavy (non-hydrogen) atoms. The van der Waals surface area contributed by atoms with Crippen LogP contribution in [0.4, 0.5) is 15.8 Å². The second-order valence-electron chi connectivity index (χ2n) is 4.61. The second kappa shape index (κ2) is 6.45. The summed E-state index contributed by atoms with van der Waals surface area (Å²) in [6.45, 7) is 0. The number of nitrogens with zero attached hydrogens (tertiary/aromatic N) is 1. The maximum atomic E-state index is 13.3. The Balaban J connectivity index is 2.36. The Bertz CT molecular complexity index is 691. The fraction of sp³-hybridized carbons (Fsp3) is 0.133. The molecule has 2 rings (SSSR count). The van der Waals surface area contributed by atoms with Crippen LogP contribution in [0.2, 0.25) is 5.02 Å². The van der Waals surface area contributed by atoms with E-state index < -0.39 is 11.7 Å². The van der Waals surface area contributed by atoms with Gasteiger partial charge in [0, 0.05) is 18.6 Å². The number of anilines is 2. The van der Waals surface area contributed by atoms with E-state index in [1.54, 1.807) is 23.1 Å². The molecule has 0 spiro atoms. The maximum absolute atomic E-state index is 13.3. The van der Waals surface area contributed by atoms with Crippen molar-refractivity contribution < 1.29 is 9.18 Å². The fourth-order valence-corrected chi connectivity index (χ4v) is 2.70. The molecule has 0 aliphatic heterocycles. The van der Waals surface area contributed by atoms with Gasteiger partial charge in [0.05, 0.1) is 22.0 Å². The van der Waals surface area contributed by atoms with Gasteiger partial charge in [-0.3, -0.25) is 4.79 Å². The highest BCUT2D eigenvalue weighted by atomic mass is 79.9. The highest BCUT2D eigenvalue weighted by Crippen LogP contribution is 2.33. The number of amides is 1. The summed E-state index contributed by atoms with van der Waals surface area (Å²) in [4.78, 5) is 14.1. The van der Waals surface area contributed by atoms with Crippen LogP contribution >= 0.6 is 27.5 Å². The maximum Gasteiger partial charge on any atom is 0.256 e. The third kappa shape index (κ3) is 3.54. The average molecular weight is 372 g/mol. The molecule has 0 aliphatic carbocycles. The highest BCUT2D eigenvalue weighted by molar-refractivity contribution is 9.10. The van der Waals surface area contributed by atoms with Crippen LogP contribution in [0.25, 0.3) is 0 Å². The van der Waals surface area contributed by atoms with Crippen molar-refractivity contribution in [1.29, 1.82) is 0 Å². The minimum atomic E-state index is -0.470. The van der Waals surface area contributed by atoms with Gasteiger partial charge in [0.25, 0.3) is 5.91 Å². The standard InChI is InChI=1S/C15H13BrClFN2O/c1-20(2)14-12(17)4-3-5-13(14)19-15(21)10-8-9(18)6-7-11(10)16/h3-8H,1-2H3,(H,19,21). The molecule has 6 heteroatoms. The molecule has 0 heterocycles. The first-order valence-corrected chi connectivity index (χ1v) is 7.29. The molecular formula is C15H13BrClFN2O. The van der Waals surface area contributed by atoms with Crippen molar-refractivity contribution in [2.24, 2.45) is 0 Å². The van der Waals surface area contributed by atoms with Gasteiger partial charge in [-0.2, -0.15) is 0 Å². The Hall–Kier alpha value is -1.59. The van der Waals surface area contributed by atoms with Gasteiger partial charge in [0.1, 0.15) is 5.82 Å². The quantitative estimate of drug-likeness (QED) is 0.858. The number of benzene rings is 2. The summed E-state index contributed by atoms with van der Waals surface area (Å²) in [6.07, 6.45) is 0. The molecule has 3 nitrogen and oxygen atoms in total. The summed E-state index contributed by atoms with van der Waals surface area (Å²) in [5.74, 6) is -0.881. The zero-order valence-corrected chi connectivity index (χ0v) is 13.8. The molecule has 110 valence electrons. The minimum Gasteiger partial charge on any atom is -0.375 e. The largest absolute Gasteiger partial charge is 0.375 e. The van der Waals surface area contributed by atoms with Crippen molar-refractivity contribution in [3.05, 3.63) is 57.3 Å². The van der Waals surface area contributed by atoms with E-state index in [2.05, 4.69) is 21.2 Å². The van der Waals surface area contributed by atoms with Crippen LogP contribution in [-0.4, -0.2) is 20.0 Å². The van der Waals surface area contributed by atoms with Crippen LogP contribution in [-0.2, 0) is 0 Å². The molecule has 2 aromatic carbocycles. The number of carbonyl (C=O) groups is 1. The van der Waals surface area contributed by atoms with Crippen molar-refractivity contribution in [1.82, 2.24) is 0 Å². The van der Waals surface area contributed by atoms with Crippen molar-refractivity contribution in [3.63, 3.8) is 0 Å². The predicted molar refractivity (Wildman–Crippen MR) is 87.8 cm³/mol. The molecule has 2 aromatic rings. The lowest BCUT2D eigenvalue weighted by Crippen LogP contribution is -2.17. The Morgan fingerprint density at radius 1 is 1.29 bits per heavy atom. The number of nitrogens with one attached hydrogen (secondary N) is 1. The van der Waals surface area contributed by atoms with Gasteiger partial charge in [-0.25, -0.2) is 4.39 Å². The average Bonchev–Trinajstić information content (AvgIpc) is 2.41. The molecule has 1 amide bonds. The molecule has 0 fully saturated rings. The van der Waals surface area contributed by atoms with E-state index >= 15 is 0 Å². The molecule has 0 atom stereocenters. The third-order valence-corrected chi connectivity index (χ3v) is 3.85. The first-order chi connectivity index (χ1) is 9.90. The monoisotopic (exact) mass is 370 g/mol. The van der Waals surface area contributed by atoms with Crippen molar-refractivity contribution in [3.8, 4) is 0 Å². The van der Waals surface area contributed by atoms with Crippen molar-refractivity contribution >= 4 is 44.8 Å². The summed E-state index contributed by atoms with van der Waals surface area (Å²) >= 11 is 9.39. The van der Waals surface area contributed by atoms with Crippen LogP contribution < -0.4 is 10.2 Å². The van der Waals surface area contributed by atoms with Crippen LogP contribution in [0.15, 0.2) is 40.9 Å². The molecule has 0 saturated heterocycles. The van der Waals surface area contributed by atoms with E-state index in [4.69, 9.17) is 11.6 Å². The fourth-order valence-electron chi connectivity index (χ4n) is 1.93. The smallest absolute Gasteiger partial charge is 0.256 e. The molecule has 1 N–H and O–H groups in total. The van der Waals surface area contributed by atoms with Gasteiger partial charge in [0.15, 0.2) is 0 Å². The summed E-state index contributed by atoms with van der Waals surface area (Å²) in [5.41, 5.74) is 1.48. The van der Waals surface area contributed by atoms with Crippen LogP contribution in [0.5, 0.6) is 0 Å². The number of halogens is 3. The van der Waals surface area contributed by atoms with Crippen LogP contribution in [0.1, 0.15) is 10.4 Å². The lowest BCUT2D eigenvalue weighted by atomic mass is 10.2. The van der Waals surface area contributed by atoms with Crippen LogP contribution in [0, 0.1) is 5.82 Å². The third-order valence-electron chi connectivity index (χ3n) is 2.86. The molecule has 0 radical (unpaired) electrons. The number of rotatable bonds is 3. The van der Waals surface area contributed by atoms with Crippen molar-refractivity contribution in [2.75, 3.05) is 24.3 Å². The van der Waals surface area contributed by atoms with Gasteiger partial charge in [-0.1, -0.05) is 17.7 Å². The lowest BCUT2D eigenvalue weighted by molar-refractivity contribution is 0.102. The van der Waals surface area contributed by atoms with E-state index in [0.717, 1.165) is 0 Å². The SMILES string of the molecule is CN(C)c1c(Cl)cccc1NC(=O)c1cc(F)ccc1Br. The number of para-hydroxylation sites is 1. The van der Waals surface area contributed by atoms with E-state index in [0.29, 0.717) is 20.9 Å². The summed E-state index contributed by atoms with van der Waals surface area (Å²) in [6, 6.07) is 9.18. The van der Waals surface area contributed by atoms with Crippen molar-refractivity contribution in [2.45, 2.75) is 0 Å².